The van der Waals surface area contributed by atoms with Crippen molar-refractivity contribution >= 4 is 29.1 Å². The van der Waals surface area contributed by atoms with Crippen molar-refractivity contribution in [3.8, 4) is 0 Å². The van der Waals surface area contributed by atoms with Crippen LogP contribution in [0.3, 0.4) is 0 Å². The average Bonchev–Trinajstić information content (AvgIpc) is 2.87. The Labute approximate surface area is 157 Å². The zero-order valence-corrected chi connectivity index (χ0v) is 15.4. The Morgan fingerprint density at radius 1 is 1.48 bits per heavy atom. The Bertz CT molecular complexity index is 580. The van der Waals surface area contributed by atoms with E-state index in [0.717, 1.165) is 25.7 Å². The molecule has 0 spiro atoms. The maximum Gasteiger partial charge on any atom is 0.243 e. The van der Waals surface area contributed by atoms with Gasteiger partial charge in [0.2, 0.25) is 5.91 Å². The molecule has 1 heterocycles. The van der Waals surface area contributed by atoms with E-state index in [4.69, 9.17) is 34.6 Å². The number of alkyl halides is 1. The Balaban J connectivity index is 2.09. The van der Waals surface area contributed by atoms with Gasteiger partial charge >= 0.3 is 0 Å². The molecule has 1 unspecified atom stereocenters. The van der Waals surface area contributed by atoms with Crippen molar-refractivity contribution < 1.29 is 4.79 Å². The van der Waals surface area contributed by atoms with E-state index in [1.807, 2.05) is 0 Å². The van der Waals surface area contributed by atoms with Crippen LogP contribution in [0.1, 0.15) is 38.5 Å². The van der Waals surface area contributed by atoms with Crippen molar-refractivity contribution in [1.82, 2.24) is 15.6 Å². The first kappa shape index (κ1) is 19.9. The number of nitrogens with two attached hydrogens (primary N) is 1. The molecule has 8 nitrogen and oxygen atoms in total. The first-order chi connectivity index (χ1) is 12.0. The minimum Gasteiger partial charge on any atom is -0.355 e. The van der Waals surface area contributed by atoms with Crippen LogP contribution < -0.4 is 16.5 Å². The molecular weight excluding hydrogens is 365 g/mol. The number of rotatable bonds is 6. The van der Waals surface area contributed by atoms with E-state index in [-0.39, 0.29) is 23.6 Å². The van der Waals surface area contributed by atoms with Crippen LogP contribution in [0.2, 0.25) is 0 Å². The molecule has 4 N–H and O–H groups in total. The van der Waals surface area contributed by atoms with Gasteiger partial charge in [-0.05, 0) is 30.5 Å². The number of nitrogens with zero attached hydrogens (tertiary/aromatic N) is 4. The monoisotopic (exact) mass is 387 g/mol. The Morgan fingerprint density at radius 3 is 2.76 bits per heavy atom. The molecule has 2 atom stereocenters. The molecule has 0 radical (unpaired) electrons. The number of carbonyl (C=O) groups is 1. The van der Waals surface area contributed by atoms with Crippen LogP contribution >= 0.6 is 23.2 Å². The summed E-state index contributed by atoms with van der Waals surface area (Å²) in [5.41, 5.74) is 8.61. The van der Waals surface area contributed by atoms with Crippen LogP contribution in [0.5, 0.6) is 0 Å². The predicted octanol–water partition coefficient (Wildman–Crippen LogP) is 2.81. The number of nitrogens with one attached hydrogen (secondary N) is 2. The number of halogens is 2. The van der Waals surface area contributed by atoms with Crippen molar-refractivity contribution in [3.05, 3.63) is 33.4 Å². The fourth-order valence-corrected chi connectivity index (χ4v) is 3.52. The van der Waals surface area contributed by atoms with Crippen molar-refractivity contribution in [2.24, 2.45) is 11.0 Å². The highest BCUT2D eigenvalue weighted by Gasteiger charge is 2.30. The summed E-state index contributed by atoms with van der Waals surface area (Å²) in [4.78, 5) is 15.5. The lowest BCUT2D eigenvalue weighted by Crippen LogP contribution is -2.56. The van der Waals surface area contributed by atoms with Crippen LogP contribution in [0, 0.1) is 0 Å². The van der Waals surface area contributed by atoms with Gasteiger partial charge in [-0.3, -0.25) is 10.6 Å². The van der Waals surface area contributed by atoms with Gasteiger partial charge in [0, 0.05) is 11.0 Å². The third-order valence-electron chi connectivity index (χ3n) is 4.42. The molecule has 0 bridgehead atoms. The molecule has 0 aromatic rings. The lowest BCUT2D eigenvalue weighted by molar-refractivity contribution is -0.126. The van der Waals surface area contributed by atoms with Gasteiger partial charge in [-0.25, -0.2) is 5.01 Å². The first-order valence-electron chi connectivity index (χ1n) is 8.36. The SMILES string of the molecule is [N-]=[N+]=NC[C@H](C(=O)NC1=C(Cl)NC(Cl)C=C1)N(N)C1CCCCCC1. The molecule has 1 fully saturated rings. The van der Waals surface area contributed by atoms with Gasteiger partial charge in [-0.15, -0.1) is 0 Å². The summed E-state index contributed by atoms with van der Waals surface area (Å²) in [6, 6.07) is -0.679. The third-order valence-corrected chi connectivity index (χ3v) is 4.98. The number of hydrogen-bond acceptors (Lipinski definition) is 5. The Morgan fingerprint density at radius 2 is 2.16 bits per heavy atom. The number of hydrazine groups is 1. The second-order valence-corrected chi connectivity index (χ2v) is 6.99. The minimum atomic E-state index is -0.766. The smallest absolute Gasteiger partial charge is 0.243 e. The molecule has 1 aliphatic carbocycles. The highest BCUT2D eigenvalue weighted by molar-refractivity contribution is 6.31. The van der Waals surface area contributed by atoms with E-state index in [1.165, 1.54) is 17.9 Å². The van der Waals surface area contributed by atoms with Gasteiger partial charge in [-0.2, -0.15) is 0 Å². The molecular formula is C15H23Cl2N7O. The largest absolute Gasteiger partial charge is 0.355 e. The lowest BCUT2D eigenvalue weighted by Gasteiger charge is -2.32. The number of amides is 1. The topological polar surface area (TPSA) is 119 Å². The molecule has 10 heteroatoms. The molecule has 1 saturated carbocycles. The molecule has 25 heavy (non-hydrogen) atoms. The number of azide groups is 1. The van der Waals surface area contributed by atoms with Gasteiger partial charge < -0.3 is 10.6 Å². The van der Waals surface area contributed by atoms with Crippen LogP contribution in [-0.4, -0.2) is 35.0 Å². The lowest BCUT2D eigenvalue weighted by atomic mass is 10.1. The van der Waals surface area contributed by atoms with Crippen molar-refractivity contribution in [3.63, 3.8) is 0 Å². The summed E-state index contributed by atoms with van der Waals surface area (Å²) >= 11 is 12.0. The highest BCUT2D eigenvalue weighted by Crippen LogP contribution is 2.22. The highest BCUT2D eigenvalue weighted by atomic mass is 35.5. The molecule has 0 aromatic heterocycles. The second-order valence-electron chi connectivity index (χ2n) is 6.14. The minimum absolute atomic E-state index is 0.0461. The maximum absolute atomic E-state index is 12.7. The summed E-state index contributed by atoms with van der Waals surface area (Å²) in [5, 5.41) is 10.9. The van der Waals surface area contributed by atoms with Crippen LogP contribution in [0.25, 0.3) is 10.4 Å². The van der Waals surface area contributed by atoms with Crippen LogP contribution in [0.4, 0.5) is 0 Å². The van der Waals surface area contributed by atoms with Crippen molar-refractivity contribution in [2.75, 3.05) is 6.54 Å². The number of allylic oxidation sites excluding steroid dienone is 1. The summed E-state index contributed by atoms with van der Waals surface area (Å²) in [6.07, 6.45) is 9.66. The summed E-state index contributed by atoms with van der Waals surface area (Å²) in [5.74, 6) is 5.88. The fourth-order valence-electron chi connectivity index (χ4n) is 3.05. The average molecular weight is 388 g/mol. The number of carbonyl (C=O) groups excluding carboxylic acids is 1. The zero-order valence-electron chi connectivity index (χ0n) is 13.9. The second kappa shape index (κ2) is 9.89. The normalized spacial score (nSPS) is 22.8. The van der Waals surface area contributed by atoms with E-state index in [2.05, 4.69) is 20.7 Å². The molecule has 0 saturated heterocycles. The van der Waals surface area contributed by atoms with Gasteiger partial charge in [0.25, 0.3) is 0 Å². The van der Waals surface area contributed by atoms with Gasteiger partial charge in [-0.1, -0.05) is 54.0 Å². The van der Waals surface area contributed by atoms with Gasteiger partial charge in [0.1, 0.15) is 16.7 Å². The molecule has 2 aliphatic rings. The predicted molar refractivity (Wildman–Crippen MR) is 98.3 cm³/mol. The van der Waals surface area contributed by atoms with E-state index >= 15 is 0 Å². The van der Waals surface area contributed by atoms with E-state index in [0.29, 0.717) is 5.70 Å². The quantitative estimate of drug-likeness (QED) is 0.0947. The van der Waals surface area contributed by atoms with Crippen molar-refractivity contribution in [1.29, 1.82) is 0 Å². The van der Waals surface area contributed by atoms with Crippen LogP contribution in [0.15, 0.2) is 28.1 Å². The molecule has 0 aromatic carbocycles. The summed E-state index contributed by atoms with van der Waals surface area (Å²) in [6.45, 7) is -0.0461. The first-order valence-corrected chi connectivity index (χ1v) is 9.17. The summed E-state index contributed by atoms with van der Waals surface area (Å²) < 4.78 is 0. The van der Waals surface area contributed by atoms with Gasteiger partial charge in [0.05, 0.1) is 12.2 Å². The van der Waals surface area contributed by atoms with Gasteiger partial charge in [0.15, 0.2) is 0 Å². The van der Waals surface area contributed by atoms with Crippen LogP contribution in [-0.2, 0) is 4.79 Å². The molecule has 1 aliphatic heterocycles. The number of dihydropyridines is 1. The maximum atomic E-state index is 12.7. The van der Waals surface area contributed by atoms with Crippen molar-refractivity contribution in [2.45, 2.75) is 56.1 Å². The summed E-state index contributed by atoms with van der Waals surface area (Å²) in [7, 11) is 0. The molecule has 2 rings (SSSR count). The van der Waals surface area contributed by atoms with E-state index in [1.54, 1.807) is 12.2 Å². The van der Waals surface area contributed by atoms with E-state index in [9.17, 15) is 4.79 Å². The Hall–Kier alpha value is -1.44. The number of hydrogen-bond donors (Lipinski definition) is 3. The Kier molecular flexibility index (Phi) is 7.87. The molecule has 1 amide bonds. The van der Waals surface area contributed by atoms with E-state index < -0.39 is 11.5 Å². The fraction of sp³-hybridized carbons (Fsp3) is 0.667. The zero-order chi connectivity index (χ0) is 18.2. The molecule has 138 valence electrons. The third kappa shape index (κ3) is 5.80. The standard InChI is InChI=1S/C15H23Cl2N7O/c16-13-8-7-11(14(17)22-13)21-15(25)12(9-20-23-18)24(19)10-5-3-1-2-4-6-10/h7-8,10,12-13,22H,1-6,9,19H2,(H,21,25)/t12-,13?/m1/s1.